The summed E-state index contributed by atoms with van der Waals surface area (Å²) < 4.78 is 6.50. The quantitative estimate of drug-likeness (QED) is 0.714. The second kappa shape index (κ2) is 4.24. The zero-order chi connectivity index (χ0) is 13.9. The number of ether oxygens (including phenoxy) is 1. The van der Waals surface area contributed by atoms with Gasteiger partial charge in [0.15, 0.2) is 0 Å². The third-order valence-electron chi connectivity index (χ3n) is 5.89. The van der Waals surface area contributed by atoms with Crippen molar-refractivity contribution in [3.63, 3.8) is 0 Å². The third-order valence-corrected chi connectivity index (χ3v) is 5.89. The molecule has 1 aromatic rings. The van der Waals surface area contributed by atoms with Gasteiger partial charge in [0.05, 0.1) is 0 Å². The van der Waals surface area contributed by atoms with E-state index in [1.807, 2.05) is 0 Å². The Labute approximate surface area is 122 Å². The smallest absolute Gasteiger partial charge is 0.126 e. The van der Waals surface area contributed by atoms with E-state index in [-0.39, 0.29) is 0 Å². The molecule has 4 rings (SSSR count). The summed E-state index contributed by atoms with van der Waals surface area (Å²) in [5.41, 5.74) is 4.74. The van der Waals surface area contributed by atoms with Crippen molar-refractivity contribution in [1.82, 2.24) is 4.90 Å². The van der Waals surface area contributed by atoms with Crippen molar-refractivity contribution < 1.29 is 4.74 Å². The van der Waals surface area contributed by atoms with Crippen molar-refractivity contribution in [3.8, 4) is 5.75 Å². The van der Waals surface area contributed by atoms with Gasteiger partial charge in [0.2, 0.25) is 0 Å². The molecule has 0 aromatic heterocycles. The second-order valence-electron chi connectivity index (χ2n) is 7.38. The molecule has 20 heavy (non-hydrogen) atoms. The molecule has 2 heteroatoms. The molecule has 0 amide bonds. The molecule has 1 fully saturated rings. The van der Waals surface area contributed by atoms with Gasteiger partial charge < -0.3 is 9.64 Å². The van der Waals surface area contributed by atoms with Crippen LogP contribution in [-0.4, -0.2) is 24.6 Å². The number of hydrogen-bond acceptors (Lipinski definition) is 2. The third kappa shape index (κ3) is 1.60. The normalized spacial score (nSPS) is 36.0. The summed E-state index contributed by atoms with van der Waals surface area (Å²) in [6.07, 6.45) is 5.60. The van der Waals surface area contributed by atoms with Crippen molar-refractivity contribution >= 4 is 0 Å². The maximum absolute atomic E-state index is 6.50. The lowest BCUT2D eigenvalue weighted by molar-refractivity contribution is 0.0658. The zero-order valence-electron chi connectivity index (χ0n) is 12.9. The van der Waals surface area contributed by atoms with Gasteiger partial charge in [-0.25, -0.2) is 0 Å². The van der Waals surface area contributed by atoms with Crippen LogP contribution in [0, 0.1) is 12.8 Å². The van der Waals surface area contributed by atoms with Gasteiger partial charge in [-0.05, 0) is 63.2 Å². The standard InChI is InChI=1S/C18H25NO/c1-12-6-7-18-8-9-19(3)11-14-5-4-13(2)17(16(14)18)20-15(18)10-12/h4-5,12,15H,6-11H2,1-3H3/t12-,15-,18-/m0/s1. The molecule has 2 nitrogen and oxygen atoms in total. The van der Waals surface area contributed by atoms with Crippen LogP contribution in [-0.2, 0) is 12.0 Å². The van der Waals surface area contributed by atoms with Crippen molar-refractivity contribution in [2.45, 2.75) is 57.6 Å². The number of hydrogen-bond donors (Lipinski definition) is 0. The van der Waals surface area contributed by atoms with Crippen LogP contribution in [0.2, 0.25) is 0 Å². The maximum Gasteiger partial charge on any atom is 0.126 e. The summed E-state index contributed by atoms with van der Waals surface area (Å²) >= 11 is 0. The minimum atomic E-state index is 0.313. The Balaban J connectivity index is 1.91. The summed E-state index contributed by atoms with van der Waals surface area (Å²) in [6.45, 7) is 6.87. The maximum atomic E-state index is 6.50. The van der Waals surface area contributed by atoms with E-state index in [9.17, 15) is 0 Å². The molecular weight excluding hydrogens is 246 g/mol. The van der Waals surface area contributed by atoms with E-state index >= 15 is 0 Å². The Morgan fingerprint density at radius 1 is 1.30 bits per heavy atom. The van der Waals surface area contributed by atoms with E-state index in [2.05, 4.69) is 37.9 Å². The number of benzene rings is 1. The molecule has 1 aliphatic carbocycles. The minimum absolute atomic E-state index is 0.313. The Morgan fingerprint density at radius 3 is 3.00 bits per heavy atom. The summed E-state index contributed by atoms with van der Waals surface area (Å²) in [6, 6.07) is 4.60. The molecule has 0 bridgehead atoms. The molecule has 0 saturated heterocycles. The molecule has 3 atom stereocenters. The molecule has 2 heterocycles. The first kappa shape index (κ1) is 12.7. The summed E-state index contributed by atoms with van der Waals surface area (Å²) in [5.74, 6) is 2.04. The molecule has 0 radical (unpaired) electrons. The van der Waals surface area contributed by atoms with Crippen LogP contribution in [0.25, 0.3) is 0 Å². The number of aryl methyl sites for hydroxylation is 1. The first-order chi connectivity index (χ1) is 9.60. The molecule has 1 spiro atoms. The molecule has 1 saturated carbocycles. The van der Waals surface area contributed by atoms with Crippen LogP contribution < -0.4 is 4.74 Å². The molecule has 0 N–H and O–H groups in total. The Bertz CT molecular complexity index is 553. The minimum Gasteiger partial charge on any atom is -0.489 e. The summed E-state index contributed by atoms with van der Waals surface area (Å²) in [5, 5.41) is 0. The SMILES string of the molecule is Cc1ccc2c3c1O[C@H]1C[C@@H](C)CC[C@@]31CCN(C)C2. The van der Waals surface area contributed by atoms with Gasteiger partial charge in [0.25, 0.3) is 0 Å². The van der Waals surface area contributed by atoms with Gasteiger partial charge in [-0.1, -0.05) is 19.1 Å². The fraction of sp³-hybridized carbons (Fsp3) is 0.667. The predicted molar refractivity (Wildman–Crippen MR) is 81.2 cm³/mol. The highest BCUT2D eigenvalue weighted by atomic mass is 16.5. The fourth-order valence-corrected chi connectivity index (χ4v) is 4.69. The van der Waals surface area contributed by atoms with Crippen LogP contribution in [0.1, 0.15) is 49.3 Å². The second-order valence-corrected chi connectivity index (χ2v) is 7.38. The van der Waals surface area contributed by atoms with Crippen LogP contribution in [0.5, 0.6) is 5.75 Å². The lowest BCUT2D eigenvalue weighted by Gasteiger charge is -2.40. The first-order valence-corrected chi connectivity index (χ1v) is 8.08. The molecule has 0 unspecified atom stereocenters. The van der Waals surface area contributed by atoms with E-state index in [4.69, 9.17) is 4.74 Å². The van der Waals surface area contributed by atoms with Gasteiger partial charge >= 0.3 is 0 Å². The molecule has 2 aliphatic heterocycles. The monoisotopic (exact) mass is 271 g/mol. The fourth-order valence-electron chi connectivity index (χ4n) is 4.69. The van der Waals surface area contributed by atoms with Crippen LogP contribution in [0.15, 0.2) is 12.1 Å². The van der Waals surface area contributed by atoms with Crippen molar-refractivity contribution in [2.24, 2.45) is 5.92 Å². The van der Waals surface area contributed by atoms with Crippen molar-refractivity contribution in [2.75, 3.05) is 13.6 Å². The highest BCUT2D eigenvalue weighted by Gasteiger charge is 2.53. The van der Waals surface area contributed by atoms with E-state index in [0.29, 0.717) is 11.5 Å². The van der Waals surface area contributed by atoms with Crippen molar-refractivity contribution in [1.29, 1.82) is 0 Å². The van der Waals surface area contributed by atoms with Crippen LogP contribution in [0.4, 0.5) is 0 Å². The van der Waals surface area contributed by atoms with E-state index in [1.165, 1.54) is 49.1 Å². The van der Waals surface area contributed by atoms with Gasteiger partial charge in [0, 0.05) is 17.5 Å². The van der Waals surface area contributed by atoms with Crippen LogP contribution >= 0.6 is 0 Å². The molecule has 108 valence electrons. The zero-order valence-corrected chi connectivity index (χ0v) is 12.9. The Morgan fingerprint density at radius 2 is 2.15 bits per heavy atom. The first-order valence-electron chi connectivity index (χ1n) is 8.08. The summed E-state index contributed by atoms with van der Waals surface area (Å²) in [4.78, 5) is 2.48. The lowest BCUT2D eigenvalue weighted by atomic mass is 9.63. The highest BCUT2D eigenvalue weighted by molar-refractivity contribution is 5.55. The average molecular weight is 271 g/mol. The van der Waals surface area contributed by atoms with E-state index in [1.54, 1.807) is 5.56 Å². The van der Waals surface area contributed by atoms with Gasteiger partial charge in [-0.3, -0.25) is 0 Å². The summed E-state index contributed by atoms with van der Waals surface area (Å²) in [7, 11) is 2.26. The number of rotatable bonds is 0. The van der Waals surface area contributed by atoms with Crippen LogP contribution in [0.3, 0.4) is 0 Å². The van der Waals surface area contributed by atoms with E-state index in [0.717, 1.165) is 12.5 Å². The molecular formula is C18H25NO. The van der Waals surface area contributed by atoms with Gasteiger partial charge in [-0.2, -0.15) is 0 Å². The van der Waals surface area contributed by atoms with Gasteiger partial charge in [-0.15, -0.1) is 0 Å². The molecule has 1 aromatic carbocycles. The topological polar surface area (TPSA) is 12.5 Å². The lowest BCUT2D eigenvalue weighted by Crippen LogP contribution is -2.44. The number of nitrogens with zero attached hydrogens (tertiary/aromatic N) is 1. The highest BCUT2D eigenvalue weighted by Crippen LogP contribution is 2.56. The largest absolute Gasteiger partial charge is 0.489 e. The van der Waals surface area contributed by atoms with E-state index < -0.39 is 0 Å². The predicted octanol–water partition coefficient (Wildman–Crippen LogP) is 3.65. The Kier molecular flexibility index (Phi) is 2.69. The van der Waals surface area contributed by atoms with Crippen molar-refractivity contribution in [3.05, 3.63) is 28.8 Å². The average Bonchev–Trinajstić information content (AvgIpc) is 2.68. The van der Waals surface area contributed by atoms with Gasteiger partial charge in [0.1, 0.15) is 11.9 Å². The molecule has 3 aliphatic rings. The Hall–Kier alpha value is -1.02.